The number of nitrogens with zero attached hydrogens (tertiary/aromatic N) is 1. The highest BCUT2D eigenvalue weighted by atomic mass is 127. The maximum Gasteiger partial charge on any atom is 0.338 e. The lowest BCUT2D eigenvalue weighted by molar-refractivity contribution is 0.0793. The number of hydrogen-bond acceptors (Lipinski definition) is 4. The third kappa shape index (κ3) is 4.24. The molecule has 0 saturated carbocycles. The molecule has 2 aromatic carbocycles. The number of hydrogen-bond donors (Lipinski definition) is 1. The minimum Gasteiger partial charge on any atom is -0.423 e. The second-order valence-electron chi connectivity index (χ2n) is 5.96. The van der Waals surface area contributed by atoms with Gasteiger partial charge in [-0.05, 0) is 53.3 Å². The first-order valence-corrected chi connectivity index (χ1v) is 9.41. The Hall–Kier alpha value is -2.35. The molecule has 3 aromatic rings. The van der Waals surface area contributed by atoms with E-state index in [1.54, 1.807) is 18.0 Å². The zero-order valence-corrected chi connectivity index (χ0v) is 16.5. The Labute approximate surface area is 165 Å². The summed E-state index contributed by atoms with van der Waals surface area (Å²) in [7, 11) is 1.80. The summed E-state index contributed by atoms with van der Waals surface area (Å²) in [4.78, 5) is 25.9. The highest BCUT2D eigenvalue weighted by Crippen LogP contribution is 2.21. The Kier molecular flexibility index (Phi) is 5.92. The van der Waals surface area contributed by atoms with Gasteiger partial charge in [0.15, 0.2) is 0 Å². The maximum atomic E-state index is 12.5. The smallest absolute Gasteiger partial charge is 0.338 e. The number of fused-ring (bicyclic) bond motifs is 1. The molecule has 0 spiro atoms. The SMILES string of the molecule is CN(CCCNc1cc(=O)oc2ccccc12)C(=O)c1ccccc1I. The standard InChI is InChI=1S/C20H19IN2O3/c1-23(20(25)14-7-2-4-9-16(14)21)12-6-11-22-17-13-19(24)26-18-10-5-3-8-15(17)18/h2-5,7-10,13,22H,6,11-12H2,1H3. The largest absolute Gasteiger partial charge is 0.423 e. The molecule has 26 heavy (non-hydrogen) atoms. The molecule has 6 heteroatoms. The molecule has 0 fully saturated rings. The van der Waals surface area contributed by atoms with Crippen LogP contribution in [0.2, 0.25) is 0 Å². The van der Waals surface area contributed by atoms with Crippen molar-refractivity contribution in [3.63, 3.8) is 0 Å². The van der Waals surface area contributed by atoms with Gasteiger partial charge in [0.05, 0.1) is 11.3 Å². The number of nitrogens with one attached hydrogen (secondary N) is 1. The van der Waals surface area contributed by atoms with Crippen LogP contribution in [0.4, 0.5) is 5.69 Å². The molecule has 0 aliphatic carbocycles. The summed E-state index contributed by atoms with van der Waals surface area (Å²) >= 11 is 2.17. The number of para-hydroxylation sites is 1. The van der Waals surface area contributed by atoms with Gasteiger partial charge in [-0.1, -0.05) is 24.3 Å². The Morgan fingerprint density at radius 2 is 1.88 bits per heavy atom. The summed E-state index contributed by atoms with van der Waals surface area (Å²) in [5, 5.41) is 4.15. The van der Waals surface area contributed by atoms with E-state index in [0.29, 0.717) is 18.7 Å². The van der Waals surface area contributed by atoms with E-state index >= 15 is 0 Å². The molecule has 0 unspecified atom stereocenters. The van der Waals surface area contributed by atoms with Gasteiger partial charge in [-0.15, -0.1) is 0 Å². The molecule has 0 atom stereocenters. The van der Waals surface area contributed by atoms with Crippen molar-refractivity contribution < 1.29 is 9.21 Å². The van der Waals surface area contributed by atoms with Gasteiger partial charge >= 0.3 is 5.63 Å². The quantitative estimate of drug-likeness (QED) is 0.342. The molecule has 1 heterocycles. The van der Waals surface area contributed by atoms with E-state index in [0.717, 1.165) is 26.6 Å². The van der Waals surface area contributed by atoms with Gasteiger partial charge in [0.2, 0.25) is 0 Å². The van der Waals surface area contributed by atoms with Gasteiger partial charge in [0.25, 0.3) is 5.91 Å². The molecule has 0 bridgehead atoms. The van der Waals surface area contributed by atoms with E-state index in [1.807, 2.05) is 42.5 Å². The molecular weight excluding hydrogens is 443 g/mol. The zero-order chi connectivity index (χ0) is 18.5. The van der Waals surface area contributed by atoms with Gasteiger partial charge < -0.3 is 14.6 Å². The minimum absolute atomic E-state index is 0.0146. The fourth-order valence-corrected chi connectivity index (χ4v) is 3.36. The van der Waals surface area contributed by atoms with Crippen LogP contribution in [0.5, 0.6) is 0 Å². The molecule has 0 radical (unpaired) electrons. The van der Waals surface area contributed by atoms with Crippen LogP contribution >= 0.6 is 22.6 Å². The van der Waals surface area contributed by atoms with Gasteiger partial charge in [0.1, 0.15) is 5.58 Å². The van der Waals surface area contributed by atoms with Crippen molar-refractivity contribution in [2.75, 3.05) is 25.5 Å². The number of rotatable bonds is 6. The Morgan fingerprint density at radius 3 is 2.69 bits per heavy atom. The number of anilines is 1. The lowest BCUT2D eigenvalue weighted by Crippen LogP contribution is -2.29. The summed E-state index contributed by atoms with van der Waals surface area (Å²) < 4.78 is 6.14. The van der Waals surface area contributed by atoms with Crippen LogP contribution in [0.3, 0.4) is 0 Å². The van der Waals surface area contributed by atoms with Gasteiger partial charge in [0, 0.05) is 35.2 Å². The number of halogens is 1. The van der Waals surface area contributed by atoms with Crippen LogP contribution in [0.15, 0.2) is 63.8 Å². The number of carbonyl (C=O) groups excluding carboxylic acids is 1. The Morgan fingerprint density at radius 1 is 1.15 bits per heavy atom. The van der Waals surface area contributed by atoms with Crippen LogP contribution in [0.1, 0.15) is 16.8 Å². The number of amides is 1. The van der Waals surface area contributed by atoms with Gasteiger partial charge in [-0.2, -0.15) is 0 Å². The fraction of sp³-hybridized carbons (Fsp3) is 0.200. The van der Waals surface area contributed by atoms with Crippen LogP contribution in [0, 0.1) is 3.57 Å². The average Bonchev–Trinajstić information content (AvgIpc) is 2.64. The molecule has 5 nitrogen and oxygen atoms in total. The van der Waals surface area contributed by atoms with Crippen molar-refractivity contribution in [2.24, 2.45) is 0 Å². The average molecular weight is 462 g/mol. The van der Waals surface area contributed by atoms with Crippen LogP contribution in [-0.4, -0.2) is 30.9 Å². The first kappa shape index (κ1) is 18.4. The van der Waals surface area contributed by atoms with Crippen molar-refractivity contribution in [2.45, 2.75) is 6.42 Å². The second kappa shape index (κ2) is 8.35. The predicted octanol–water partition coefficient (Wildman–Crippen LogP) is 3.97. The maximum absolute atomic E-state index is 12.5. The normalized spacial score (nSPS) is 10.7. The van der Waals surface area contributed by atoms with E-state index in [-0.39, 0.29) is 11.5 Å². The summed E-state index contributed by atoms with van der Waals surface area (Å²) in [5.74, 6) is 0.0146. The molecular formula is C20H19IN2O3. The summed E-state index contributed by atoms with van der Waals surface area (Å²) in [6, 6.07) is 16.4. The lowest BCUT2D eigenvalue weighted by atomic mass is 10.2. The monoisotopic (exact) mass is 462 g/mol. The first-order valence-electron chi connectivity index (χ1n) is 8.33. The summed E-state index contributed by atoms with van der Waals surface area (Å²) in [5.41, 5.74) is 1.66. The fourth-order valence-electron chi connectivity index (χ4n) is 2.74. The number of carbonyl (C=O) groups is 1. The molecule has 0 aliphatic heterocycles. The van der Waals surface area contributed by atoms with Crippen LogP contribution in [0.25, 0.3) is 11.0 Å². The van der Waals surface area contributed by atoms with Crippen molar-refractivity contribution in [3.05, 3.63) is 74.2 Å². The molecule has 134 valence electrons. The third-order valence-electron chi connectivity index (χ3n) is 4.09. The molecule has 0 aliphatic rings. The van der Waals surface area contributed by atoms with Crippen molar-refractivity contribution in [1.29, 1.82) is 0 Å². The lowest BCUT2D eigenvalue weighted by Gasteiger charge is -2.18. The van der Waals surface area contributed by atoms with Gasteiger partial charge in [-0.3, -0.25) is 4.79 Å². The first-order chi connectivity index (χ1) is 12.6. The van der Waals surface area contributed by atoms with Gasteiger partial charge in [-0.25, -0.2) is 4.79 Å². The highest BCUT2D eigenvalue weighted by molar-refractivity contribution is 14.1. The molecule has 3 rings (SSSR count). The Balaban J connectivity index is 1.58. The molecule has 1 N–H and O–H groups in total. The van der Waals surface area contributed by atoms with Crippen LogP contribution in [-0.2, 0) is 0 Å². The van der Waals surface area contributed by atoms with Crippen LogP contribution < -0.4 is 10.9 Å². The molecule has 1 amide bonds. The van der Waals surface area contributed by atoms with Crippen molar-refractivity contribution in [1.82, 2.24) is 4.90 Å². The topological polar surface area (TPSA) is 62.6 Å². The van der Waals surface area contributed by atoms with E-state index in [9.17, 15) is 9.59 Å². The number of benzene rings is 2. The Bertz CT molecular complexity index is 984. The van der Waals surface area contributed by atoms with E-state index < -0.39 is 0 Å². The van der Waals surface area contributed by atoms with E-state index in [1.165, 1.54) is 6.07 Å². The highest BCUT2D eigenvalue weighted by Gasteiger charge is 2.13. The van der Waals surface area contributed by atoms with Crippen molar-refractivity contribution in [3.8, 4) is 0 Å². The summed E-state index contributed by atoms with van der Waals surface area (Å²) in [6.45, 7) is 1.27. The van der Waals surface area contributed by atoms with E-state index in [4.69, 9.17) is 4.42 Å². The summed E-state index contributed by atoms with van der Waals surface area (Å²) in [6.07, 6.45) is 0.764. The second-order valence-corrected chi connectivity index (χ2v) is 7.12. The molecule has 1 aromatic heterocycles. The van der Waals surface area contributed by atoms with E-state index in [2.05, 4.69) is 27.9 Å². The predicted molar refractivity (Wildman–Crippen MR) is 112 cm³/mol. The third-order valence-corrected chi connectivity index (χ3v) is 5.03. The van der Waals surface area contributed by atoms with Crippen molar-refractivity contribution >= 4 is 45.2 Å². The minimum atomic E-state index is -0.378. The molecule has 0 saturated heterocycles. The zero-order valence-electron chi connectivity index (χ0n) is 14.4.